The first-order valence-corrected chi connectivity index (χ1v) is 8.12. The van der Waals surface area contributed by atoms with E-state index in [1.807, 2.05) is 24.3 Å². The average molecular weight is 318 g/mol. The van der Waals surface area contributed by atoms with Gasteiger partial charge in [0.15, 0.2) is 0 Å². The number of carbonyl (C=O) groups excluding carboxylic acids is 2. The van der Waals surface area contributed by atoms with Crippen molar-refractivity contribution >= 4 is 11.8 Å². The van der Waals surface area contributed by atoms with Crippen LogP contribution in [-0.2, 0) is 11.2 Å². The second-order valence-electron chi connectivity index (χ2n) is 6.95. The topological polar surface area (TPSA) is 69.6 Å². The number of hydrogen-bond donors (Lipinski definition) is 2. The molecular weight excluding hydrogens is 292 g/mol. The lowest BCUT2D eigenvalue weighted by Crippen LogP contribution is -2.37. The summed E-state index contributed by atoms with van der Waals surface area (Å²) in [6.07, 6.45) is 2.18. The molecule has 0 radical (unpaired) electrons. The van der Waals surface area contributed by atoms with Gasteiger partial charge in [-0.3, -0.25) is 9.59 Å². The van der Waals surface area contributed by atoms with Crippen molar-refractivity contribution < 1.29 is 14.7 Å². The van der Waals surface area contributed by atoms with E-state index in [0.29, 0.717) is 25.1 Å². The summed E-state index contributed by atoms with van der Waals surface area (Å²) >= 11 is 0. The first-order valence-electron chi connectivity index (χ1n) is 8.12. The Hall–Kier alpha value is -1.88. The minimum atomic E-state index is -0.708. The third-order valence-corrected chi connectivity index (χ3v) is 4.08. The molecule has 5 nitrogen and oxygen atoms in total. The third kappa shape index (κ3) is 5.36. The van der Waals surface area contributed by atoms with Crippen LogP contribution in [0, 0.1) is 0 Å². The highest BCUT2D eigenvalue weighted by Gasteiger charge is 2.27. The van der Waals surface area contributed by atoms with Crippen LogP contribution in [0.15, 0.2) is 24.3 Å². The smallest absolute Gasteiger partial charge is 0.253 e. The summed E-state index contributed by atoms with van der Waals surface area (Å²) in [6.45, 7) is 6.30. The van der Waals surface area contributed by atoms with Crippen LogP contribution in [0.2, 0.25) is 0 Å². The van der Waals surface area contributed by atoms with Crippen molar-refractivity contribution in [2.75, 3.05) is 13.1 Å². The molecule has 0 saturated carbocycles. The Morgan fingerprint density at radius 3 is 2.78 bits per heavy atom. The predicted octanol–water partition coefficient (Wildman–Crippen LogP) is 1.74. The largest absolute Gasteiger partial charge is 0.390 e. The molecule has 2 rings (SSSR count). The van der Waals surface area contributed by atoms with Gasteiger partial charge in [-0.1, -0.05) is 12.1 Å². The van der Waals surface area contributed by atoms with Crippen LogP contribution in [0.5, 0.6) is 0 Å². The van der Waals surface area contributed by atoms with Crippen LogP contribution >= 0.6 is 0 Å². The molecule has 1 aliphatic heterocycles. The van der Waals surface area contributed by atoms with Crippen molar-refractivity contribution in [3.05, 3.63) is 35.4 Å². The fourth-order valence-electron chi connectivity index (χ4n) is 2.84. The minimum absolute atomic E-state index is 0.00274. The average Bonchev–Trinajstić information content (AvgIpc) is 2.91. The molecule has 0 aromatic heterocycles. The summed E-state index contributed by atoms with van der Waals surface area (Å²) in [5.74, 6) is -0.0547. The molecule has 23 heavy (non-hydrogen) atoms. The van der Waals surface area contributed by atoms with Gasteiger partial charge in [0, 0.05) is 31.6 Å². The Bertz CT molecular complexity index is 578. The molecule has 2 amide bonds. The second-order valence-corrected chi connectivity index (χ2v) is 6.95. The van der Waals surface area contributed by atoms with E-state index in [9.17, 15) is 14.7 Å². The number of rotatable bonds is 5. The highest BCUT2D eigenvalue weighted by atomic mass is 16.3. The Morgan fingerprint density at radius 2 is 2.13 bits per heavy atom. The number of aryl methyl sites for hydroxylation is 1. The van der Waals surface area contributed by atoms with Crippen molar-refractivity contribution in [1.29, 1.82) is 0 Å². The summed E-state index contributed by atoms with van der Waals surface area (Å²) in [5.41, 5.74) is 1.01. The molecule has 126 valence electrons. The molecule has 1 atom stereocenters. The SMILES string of the molecule is CC(=O)N[C@H]1CCN(C(=O)c2cccc(CCC(C)(C)O)c2)C1. The van der Waals surface area contributed by atoms with Gasteiger partial charge in [-0.15, -0.1) is 0 Å². The van der Waals surface area contributed by atoms with Crippen LogP contribution in [0.4, 0.5) is 0 Å². The summed E-state index contributed by atoms with van der Waals surface area (Å²) in [7, 11) is 0. The molecule has 0 unspecified atom stereocenters. The number of benzene rings is 1. The van der Waals surface area contributed by atoms with Crippen molar-refractivity contribution in [1.82, 2.24) is 10.2 Å². The van der Waals surface area contributed by atoms with Gasteiger partial charge in [0.25, 0.3) is 5.91 Å². The molecule has 1 fully saturated rings. The molecule has 5 heteroatoms. The predicted molar refractivity (Wildman–Crippen MR) is 89.2 cm³/mol. The fraction of sp³-hybridized carbons (Fsp3) is 0.556. The van der Waals surface area contributed by atoms with Crippen LogP contribution in [-0.4, -0.2) is 46.6 Å². The molecule has 0 aliphatic carbocycles. The standard InChI is InChI=1S/C18H26N2O3/c1-13(21)19-16-8-10-20(12-16)17(22)15-6-4-5-14(11-15)7-9-18(2,3)23/h4-6,11,16,23H,7-10,12H2,1-3H3,(H,19,21)/t16-/m0/s1. The molecule has 1 heterocycles. The molecule has 0 bridgehead atoms. The second kappa shape index (κ2) is 7.13. The van der Waals surface area contributed by atoms with Gasteiger partial charge in [-0.05, 0) is 50.8 Å². The Kier molecular flexibility index (Phi) is 5.42. The number of amides is 2. The van der Waals surface area contributed by atoms with E-state index in [-0.39, 0.29) is 17.9 Å². The Morgan fingerprint density at radius 1 is 1.39 bits per heavy atom. The first-order chi connectivity index (χ1) is 10.7. The van der Waals surface area contributed by atoms with Crippen LogP contribution in [0.1, 0.15) is 49.5 Å². The van der Waals surface area contributed by atoms with Crippen LogP contribution < -0.4 is 5.32 Å². The molecule has 0 spiro atoms. The van der Waals surface area contributed by atoms with E-state index < -0.39 is 5.60 Å². The molecular formula is C18H26N2O3. The van der Waals surface area contributed by atoms with Gasteiger partial charge < -0.3 is 15.3 Å². The quantitative estimate of drug-likeness (QED) is 0.869. The highest BCUT2D eigenvalue weighted by molar-refractivity contribution is 5.94. The zero-order chi connectivity index (χ0) is 17.0. The molecule has 1 saturated heterocycles. The van der Waals surface area contributed by atoms with E-state index in [4.69, 9.17) is 0 Å². The molecule has 1 aliphatic rings. The zero-order valence-corrected chi connectivity index (χ0v) is 14.1. The van der Waals surface area contributed by atoms with Gasteiger partial charge in [-0.25, -0.2) is 0 Å². The Balaban J connectivity index is 1.99. The normalized spacial score (nSPS) is 18.1. The third-order valence-electron chi connectivity index (χ3n) is 4.08. The van der Waals surface area contributed by atoms with Crippen LogP contribution in [0.25, 0.3) is 0 Å². The first kappa shape index (κ1) is 17.5. The van der Waals surface area contributed by atoms with Crippen molar-refractivity contribution in [2.24, 2.45) is 0 Å². The monoisotopic (exact) mass is 318 g/mol. The van der Waals surface area contributed by atoms with E-state index in [0.717, 1.165) is 18.4 Å². The number of carbonyl (C=O) groups is 2. The minimum Gasteiger partial charge on any atom is -0.390 e. The number of nitrogens with zero attached hydrogens (tertiary/aromatic N) is 1. The lowest BCUT2D eigenvalue weighted by atomic mass is 9.98. The van der Waals surface area contributed by atoms with Gasteiger partial charge in [-0.2, -0.15) is 0 Å². The fourth-order valence-corrected chi connectivity index (χ4v) is 2.84. The number of aliphatic hydroxyl groups is 1. The van der Waals surface area contributed by atoms with Crippen molar-refractivity contribution in [3.63, 3.8) is 0 Å². The van der Waals surface area contributed by atoms with Gasteiger partial charge in [0.2, 0.25) is 5.91 Å². The van der Waals surface area contributed by atoms with Crippen molar-refractivity contribution in [2.45, 2.75) is 51.7 Å². The number of likely N-dealkylation sites (tertiary alicyclic amines) is 1. The summed E-state index contributed by atoms with van der Waals surface area (Å²) < 4.78 is 0. The summed E-state index contributed by atoms with van der Waals surface area (Å²) in [5, 5.41) is 12.7. The highest BCUT2D eigenvalue weighted by Crippen LogP contribution is 2.17. The van der Waals surface area contributed by atoms with Gasteiger partial charge in [0.1, 0.15) is 0 Å². The lowest BCUT2D eigenvalue weighted by molar-refractivity contribution is -0.119. The van der Waals surface area contributed by atoms with Gasteiger partial charge >= 0.3 is 0 Å². The molecule has 1 aromatic rings. The van der Waals surface area contributed by atoms with Crippen molar-refractivity contribution in [3.8, 4) is 0 Å². The van der Waals surface area contributed by atoms with E-state index >= 15 is 0 Å². The number of nitrogens with one attached hydrogen (secondary N) is 1. The molecule has 2 N–H and O–H groups in total. The van der Waals surface area contributed by atoms with E-state index in [1.165, 1.54) is 6.92 Å². The van der Waals surface area contributed by atoms with E-state index in [2.05, 4.69) is 5.32 Å². The maximum Gasteiger partial charge on any atom is 0.253 e. The lowest BCUT2D eigenvalue weighted by Gasteiger charge is -2.18. The molecule has 1 aromatic carbocycles. The summed E-state index contributed by atoms with van der Waals surface area (Å²) in [4.78, 5) is 25.5. The Labute approximate surface area is 137 Å². The van der Waals surface area contributed by atoms with Crippen LogP contribution in [0.3, 0.4) is 0 Å². The number of hydrogen-bond acceptors (Lipinski definition) is 3. The zero-order valence-electron chi connectivity index (χ0n) is 14.1. The maximum absolute atomic E-state index is 12.6. The maximum atomic E-state index is 12.6. The van der Waals surface area contributed by atoms with E-state index in [1.54, 1.807) is 18.7 Å². The van der Waals surface area contributed by atoms with Gasteiger partial charge in [0.05, 0.1) is 5.60 Å². The summed E-state index contributed by atoms with van der Waals surface area (Å²) in [6, 6.07) is 7.64.